The number of aliphatic imine (C=N–C) groups is 1. The van der Waals surface area contributed by atoms with E-state index >= 15 is 0 Å². The van der Waals surface area contributed by atoms with E-state index in [9.17, 15) is 0 Å². The number of anilines is 1. The second-order valence-electron chi connectivity index (χ2n) is 4.68. The van der Waals surface area contributed by atoms with Crippen molar-refractivity contribution in [2.45, 2.75) is 20.4 Å². The van der Waals surface area contributed by atoms with E-state index in [0.29, 0.717) is 0 Å². The summed E-state index contributed by atoms with van der Waals surface area (Å²) in [6, 6.07) is 4.22. The van der Waals surface area contributed by atoms with Gasteiger partial charge in [-0.15, -0.1) is 24.0 Å². The molecule has 0 radical (unpaired) electrons. The summed E-state index contributed by atoms with van der Waals surface area (Å²) in [6.07, 6.45) is 1.94. The lowest BCUT2D eigenvalue weighted by atomic mass is 10.2. The minimum Gasteiger partial charge on any atom is -0.357 e. The van der Waals surface area contributed by atoms with Gasteiger partial charge in [-0.2, -0.15) is 0 Å². The molecule has 0 unspecified atom stereocenters. The van der Waals surface area contributed by atoms with E-state index in [1.54, 1.807) is 0 Å². The molecular formula is C14H24IN5. The van der Waals surface area contributed by atoms with Crippen molar-refractivity contribution in [1.82, 2.24) is 15.2 Å². The fraction of sp³-hybridized carbons (Fsp3) is 0.571. The van der Waals surface area contributed by atoms with Crippen molar-refractivity contribution in [2.24, 2.45) is 4.99 Å². The van der Waals surface area contributed by atoms with Gasteiger partial charge in [0.15, 0.2) is 5.96 Å². The van der Waals surface area contributed by atoms with E-state index < -0.39 is 0 Å². The monoisotopic (exact) mass is 389 g/mol. The lowest BCUT2D eigenvalue weighted by Crippen LogP contribution is -2.35. The third-order valence-electron chi connectivity index (χ3n) is 3.41. The summed E-state index contributed by atoms with van der Waals surface area (Å²) in [4.78, 5) is 13.3. The molecule has 0 saturated heterocycles. The number of aromatic nitrogens is 1. The molecule has 1 N–H and O–H groups in total. The first-order valence-electron chi connectivity index (χ1n) is 6.94. The summed E-state index contributed by atoms with van der Waals surface area (Å²) in [5, 5.41) is 3.35. The molecule has 0 spiro atoms. The molecule has 0 saturated carbocycles. The zero-order valence-corrected chi connectivity index (χ0v) is 14.8. The lowest BCUT2D eigenvalue weighted by molar-refractivity contribution is 0.534. The van der Waals surface area contributed by atoms with Crippen molar-refractivity contribution < 1.29 is 0 Å². The number of hydrogen-bond acceptors (Lipinski definition) is 5. The summed E-state index contributed by atoms with van der Waals surface area (Å²) in [6.45, 7) is 8.93. The first-order valence-corrected chi connectivity index (χ1v) is 6.94. The summed E-state index contributed by atoms with van der Waals surface area (Å²) < 4.78 is 0. The third-order valence-corrected chi connectivity index (χ3v) is 3.41. The highest BCUT2D eigenvalue weighted by Crippen LogP contribution is 2.10. The van der Waals surface area contributed by atoms with Gasteiger partial charge in [0.05, 0.1) is 6.54 Å². The van der Waals surface area contributed by atoms with Gasteiger partial charge in [0.2, 0.25) is 0 Å². The summed E-state index contributed by atoms with van der Waals surface area (Å²) in [7, 11) is 2.06. The Labute approximate surface area is 138 Å². The minimum atomic E-state index is 0. The predicted molar refractivity (Wildman–Crippen MR) is 95.0 cm³/mol. The molecule has 2 heterocycles. The van der Waals surface area contributed by atoms with Crippen molar-refractivity contribution in [1.29, 1.82) is 0 Å². The van der Waals surface area contributed by atoms with Gasteiger partial charge < -0.3 is 15.1 Å². The minimum absolute atomic E-state index is 0. The molecule has 1 aliphatic rings. The highest BCUT2D eigenvalue weighted by Gasteiger charge is 2.11. The van der Waals surface area contributed by atoms with Crippen LogP contribution in [0.4, 0.5) is 5.82 Å². The maximum Gasteiger partial charge on any atom is 0.194 e. The molecule has 0 fully saturated rings. The standard InChI is InChI=1S/C14H23N5.HI/c1-4-19(5-2)13-7-6-12(10-16-13)11-17-14-15-8-9-18(14)3;/h6-7,10H,4-5,8-9,11H2,1-3H3,(H,15,17);1H. The molecule has 6 heteroatoms. The first-order chi connectivity index (χ1) is 9.24. The topological polar surface area (TPSA) is 43.8 Å². The van der Waals surface area contributed by atoms with Crippen molar-refractivity contribution in [2.75, 3.05) is 38.1 Å². The summed E-state index contributed by atoms with van der Waals surface area (Å²) in [5.74, 6) is 2.02. The van der Waals surface area contributed by atoms with Crippen LogP contribution in [0.15, 0.2) is 23.3 Å². The molecule has 0 atom stereocenters. The van der Waals surface area contributed by atoms with Crippen LogP contribution in [0.1, 0.15) is 19.4 Å². The highest BCUT2D eigenvalue weighted by atomic mass is 127. The van der Waals surface area contributed by atoms with Crippen LogP contribution in [0, 0.1) is 0 Å². The van der Waals surface area contributed by atoms with Crippen LogP contribution in [0.2, 0.25) is 0 Å². The fourth-order valence-corrected chi connectivity index (χ4v) is 2.16. The number of nitrogens with zero attached hydrogens (tertiary/aromatic N) is 4. The zero-order chi connectivity index (χ0) is 13.7. The molecule has 1 aromatic heterocycles. The van der Waals surface area contributed by atoms with Crippen molar-refractivity contribution in [3.05, 3.63) is 23.9 Å². The number of guanidine groups is 1. The van der Waals surface area contributed by atoms with Crippen LogP contribution >= 0.6 is 24.0 Å². The second kappa shape index (κ2) is 8.28. The van der Waals surface area contributed by atoms with Crippen molar-refractivity contribution in [3.63, 3.8) is 0 Å². The van der Waals surface area contributed by atoms with Gasteiger partial charge >= 0.3 is 0 Å². The van der Waals surface area contributed by atoms with Crippen LogP contribution in [-0.4, -0.2) is 49.1 Å². The summed E-state index contributed by atoms with van der Waals surface area (Å²) >= 11 is 0. The Balaban J connectivity index is 0.00000200. The quantitative estimate of drug-likeness (QED) is 0.782. The van der Waals surface area contributed by atoms with Gasteiger partial charge in [-0.3, -0.25) is 4.99 Å². The average Bonchev–Trinajstić information content (AvgIpc) is 2.85. The third kappa shape index (κ3) is 4.22. The average molecular weight is 389 g/mol. The molecule has 0 amide bonds. The van der Waals surface area contributed by atoms with E-state index in [2.05, 4.69) is 58.1 Å². The Kier molecular flexibility index (Phi) is 7.04. The molecule has 0 bridgehead atoms. The van der Waals surface area contributed by atoms with E-state index in [1.807, 2.05) is 6.20 Å². The van der Waals surface area contributed by atoms with E-state index in [4.69, 9.17) is 0 Å². The molecule has 1 aromatic rings. The predicted octanol–water partition coefficient (Wildman–Crippen LogP) is 1.94. The van der Waals surface area contributed by atoms with Crippen LogP contribution in [0.5, 0.6) is 0 Å². The van der Waals surface area contributed by atoms with Gasteiger partial charge in [-0.25, -0.2) is 4.98 Å². The van der Waals surface area contributed by atoms with Gasteiger partial charge in [0.1, 0.15) is 5.82 Å². The number of rotatable bonds is 5. The maximum absolute atomic E-state index is 4.52. The van der Waals surface area contributed by atoms with Crippen LogP contribution in [-0.2, 0) is 6.54 Å². The molecule has 0 aliphatic carbocycles. The maximum atomic E-state index is 4.52. The van der Waals surface area contributed by atoms with Crippen LogP contribution in [0.25, 0.3) is 0 Å². The molecule has 0 aromatic carbocycles. The van der Waals surface area contributed by atoms with Crippen molar-refractivity contribution in [3.8, 4) is 0 Å². The molecule has 2 rings (SSSR count). The lowest BCUT2D eigenvalue weighted by Gasteiger charge is -2.20. The number of nitrogens with one attached hydrogen (secondary N) is 1. The molecule has 20 heavy (non-hydrogen) atoms. The second-order valence-corrected chi connectivity index (χ2v) is 4.68. The smallest absolute Gasteiger partial charge is 0.194 e. The Morgan fingerprint density at radius 3 is 2.55 bits per heavy atom. The number of hydrogen-bond donors (Lipinski definition) is 1. The molecular weight excluding hydrogens is 365 g/mol. The normalized spacial score (nSPS) is 13.8. The van der Waals surface area contributed by atoms with E-state index in [0.717, 1.165) is 44.5 Å². The summed E-state index contributed by atoms with van der Waals surface area (Å²) in [5.41, 5.74) is 1.18. The van der Waals surface area contributed by atoms with Gasteiger partial charge in [0, 0.05) is 39.4 Å². The van der Waals surface area contributed by atoms with Crippen molar-refractivity contribution >= 4 is 35.8 Å². The molecule has 1 aliphatic heterocycles. The van der Waals surface area contributed by atoms with Gasteiger partial charge in [-0.05, 0) is 25.5 Å². The number of likely N-dealkylation sites (N-methyl/N-ethyl adjacent to an activating group) is 1. The Bertz CT molecular complexity index is 428. The molecule has 112 valence electrons. The Hall–Kier alpha value is -1.05. The van der Waals surface area contributed by atoms with Crippen LogP contribution < -0.4 is 10.2 Å². The highest BCUT2D eigenvalue weighted by molar-refractivity contribution is 14.0. The Morgan fingerprint density at radius 2 is 2.05 bits per heavy atom. The number of halogens is 1. The van der Waals surface area contributed by atoms with Crippen LogP contribution in [0.3, 0.4) is 0 Å². The first kappa shape index (κ1) is 17.0. The number of pyridine rings is 1. The zero-order valence-electron chi connectivity index (χ0n) is 12.5. The molecule has 5 nitrogen and oxygen atoms in total. The van der Waals surface area contributed by atoms with Gasteiger partial charge in [-0.1, -0.05) is 6.07 Å². The van der Waals surface area contributed by atoms with E-state index in [-0.39, 0.29) is 24.0 Å². The SMILES string of the molecule is CCN(CC)c1ccc(CNC2=NCCN2C)cn1.I. The largest absolute Gasteiger partial charge is 0.357 e. The van der Waals surface area contributed by atoms with Gasteiger partial charge in [0.25, 0.3) is 0 Å². The fourth-order valence-electron chi connectivity index (χ4n) is 2.16. The Morgan fingerprint density at radius 1 is 1.30 bits per heavy atom. The van der Waals surface area contributed by atoms with E-state index in [1.165, 1.54) is 5.56 Å².